The molecule has 16 heavy (non-hydrogen) atoms. The van der Waals surface area contributed by atoms with Gasteiger partial charge in [-0.1, -0.05) is 15.9 Å². The molecule has 1 heterocycles. The molecule has 1 aromatic carbocycles. The predicted octanol–water partition coefficient (Wildman–Crippen LogP) is 3.09. The maximum Gasteiger partial charge on any atom is 0.152 e. The minimum Gasteiger partial charge on any atom is -0.371 e. The van der Waals surface area contributed by atoms with E-state index in [4.69, 9.17) is 0 Å². The Morgan fingerprint density at radius 1 is 1.25 bits per heavy atom. The molecule has 2 aromatic rings. The van der Waals surface area contributed by atoms with Gasteiger partial charge in [-0.3, -0.25) is 4.98 Å². The summed E-state index contributed by atoms with van der Waals surface area (Å²) in [6.45, 7) is 0. The third-order valence-electron chi connectivity index (χ3n) is 2.12. The Balaban J connectivity index is 2.62. The first-order valence-electron chi connectivity index (χ1n) is 4.66. The molecule has 82 valence electrons. The Morgan fingerprint density at radius 2 is 2.00 bits per heavy atom. The lowest BCUT2D eigenvalue weighted by Gasteiger charge is -2.07. The first kappa shape index (κ1) is 11.0. The molecule has 3 nitrogen and oxygen atoms in total. The maximum absolute atomic E-state index is 13.7. The zero-order valence-corrected chi connectivity index (χ0v) is 10.1. The molecule has 1 N–H and O–H groups in total. The summed E-state index contributed by atoms with van der Waals surface area (Å²) in [6.07, 6.45) is 3.10. The molecular weight excluding hydrogens is 273 g/mol. The number of anilines is 1. The highest BCUT2D eigenvalue weighted by molar-refractivity contribution is 9.10. The number of hydrogen-bond donors (Lipinski definition) is 1. The van der Waals surface area contributed by atoms with Gasteiger partial charge < -0.3 is 5.32 Å². The van der Waals surface area contributed by atoms with Crippen LogP contribution in [0.4, 0.5) is 10.2 Å². The lowest BCUT2D eigenvalue weighted by molar-refractivity contribution is 0.630. The van der Waals surface area contributed by atoms with Gasteiger partial charge in [0.15, 0.2) is 5.82 Å². The van der Waals surface area contributed by atoms with Crippen molar-refractivity contribution < 1.29 is 4.39 Å². The molecule has 0 fully saturated rings. The van der Waals surface area contributed by atoms with E-state index >= 15 is 0 Å². The Kier molecular flexibility index (Phi) is 3.14. The molecule has 0 aliphatic carbocycles. The molecule has 0 saturated heterocycles. The molecule has 2 rings (SSSR count). The largest absolute Gasteiger partial charge is 0.371 e. The molecule has 0 bridgehead atoms. The summed E-state index contributed by atoms with van der Waals surface area (Å²) in [6, 6.07) is 4.72. The first-order chi connectivity index (χ1) is 7.72. The highest BCUT2D eigenvalue weighted by Gasteiger charge is 2.11. The fourth-order valence-corrected chi connectivity index (χ4v) is 1.76. The fourth-order valence-electron chi connectivity index (χ4n) is 1.40. The maximum atomic E-state index is 13.7. The van der Waals surface area contributed by atoms with E-state index in [1.54, 1.807) is 25.4 Å². The van der Waals surface area contributed by atoms with Crippen molar-refractivity contribution in [2.75, 3.05) is 12.4 Å². The van der Waals surface area contributed by atoms with Crippen LogP contribution in [-0.4, -0.2) is 17.0 Å². The smallest absolute Gasteiger partial charge is 0.152 e. The van der Waals surface area contributed by atoms with Gasteiger partial charge in [0.25, 0.3) is 0 Å². The van der Waals surface area contributed by atoms with Crippen LogP contribution in [0, 0.1) is 5.82 Å². The topological polar surface area (TPSA) is 37.8 Å². The third kappa shape index (κ3) is 2.04. The predicted molar refractivity (Wildman–Crippen MR) is 64.7 cm³/mol. The SMILES string of the molecule is CNc1nccnc1-c1cc(Br)ccc1F. The zero-order valence-electron chi connectivity index (χ0n) is 8.54. The van der Waals surface area contributed by atoms with Gasteiger partial charge >= 0.3 is 0 Å². The highest BCUT2D eigenvalue weighted by atomic mass is 79.9. The van der Waals surface area contributed by atoms with E-state index in [-0.39, 0.29) is 5.82 Å². The molecule has 0 aliphatic rings. The van der Waals surface area contributed by atoms with Crippen LogP contribution in [0.3, 0.4) is 0 Å². The van der Waals surface area contributed by atoms with Crippen molar-refractivity contribution >= 4 is 21.7 Å². The summed E-state index contributed by atoms with van der Waals surface area (Å²) in [5, 5.41) is 2.89. The van der Waals surface area contributed by atoms with Crippen molar-refractivity contribution in [2.24, 2.45) is 0 Å². The van der Waals surface area contributed by atoms with Crippen molar-refractivity contribution in [3.05, 3.63) is 40.9 Å². The Bertz CT molecular complexity index is 516. The van der Waals surface area contributed by atoms with E-state index in [0.717, 1.165) is 4.47 Å². The normalized spacial score (nSPS) is 10.2. The molecule has 0 amide bonds. The zero-order chi connectivity index (χ0) is 11.5. The average Bonchev–Trinajstić information content (AvgIpc) is 2.32. The lowest BCUT2D eigenvalue weighted by atomic mass is 10.1. The summed E-state index contributed by atoms with van der Waals surface area (Å²) in [5.41, 5.74) is 0.927. The van der Waals surface area contributed by atoms with Crippen LogP contribution in [0.5, 0.6) is 0 Å². The van der Waals surface area contributed by atoms with Crippen molar-refractivity contribution in [3.63, 3.8) is 0 Å². The fraction of sp³-hybridized carbons (Fsp3) is 0.0909. The highest BCUT2D eigenvalue weighted by Crippen LogP contribution is 2.28. The van der Waals surface area contributed by atoms with Crippen molar-refractivity contribution in [3.8, 4) is 11.3 Å². The second-order valence-electron chi connectivity index (χ2n) is 3.13. The van der Waals surface area contributed by atoms with E-state index < -0.39 is 0 Å². The minimum atomic E-state index is -0.319. The van der Waals surface area contributed by atoms with Crippen molar-refractivity contribution in [2.45, 2.75) is 0 Å². The molecule has 0 radical (unpaired) electrons. The number of aromatic nitrogens is 2. The monoisotopic (exact) mass is 281 g/mol. The number of nitrogens with one attached hydrogen (secondary N) is 1. The Hall–Kier alpha value is -1.49. The van der Waals surface area contributed by atoms with E-state index in [1.807, 2.05) is 0 Å². The van der Waals surface area contributed by atoms with Crippen LogP contribution in [0.1, 0.15) is 0 Å². The molecule has 0 atom stereocenters. The number of halogens is 2. The van der Waals surface area contributed by atoms with Gasteiger partial charge in [0, 0.05) is 29.5 Å². The third-order valence-corrected chi connectivity index (χ3v) is 2.61. The van der Waals surface area contributed by atoms with Crippen LogP contribution < -0.4 is 5.32 Å². The molecule has 0 spiro atoms. The summed E-state index contributed by atoms with van der Waals surface area (Å²) >= 11 is 3.30. The van der Waals surface area contributed by atoms with Crippen molar-refractivity contribution in [1.29, 1.82) is 0 Å². The van der Waals surface area contributed by atoms with Gasteiger partial charge in [0.2, 0.25) is 0 Å². The quantitative estimate of drug-likeness (QED) is 0.919. The number of hydrogen-bond acceptors (Lipinski definition) is 3. The summed E-state index contributed by atoms with van der Waals surface area (Å²) < 4.78 is 14.5. The number of benzene rings is 1. The Morgan fingerprint density at radius 3 is 2.75 bits per heavy atom. The van der Waals surface area contributed by atoms with Gasteiger partial charge in [-0.2, -0.15) is 0 Å². The first-order valence-corrected chi connectivity index (χ1v) is 5.46. The number of nitrogens with zero attached hydrogens (tertiary/aromatic N) is 2. The van der Waals surface area contributed by atoms with E-state index in [2.05, 4.69) is 31.2 Å². The molecule has 0 saturated carbocycles. The van der Waals surface area contributed by atoms with Gasteiger partial charge in [-0.15, -0.1) is 0 Å². The lowest BCUT2D eigenvalue weighted by Crippen LogP contribution is -1.98. The standard InChI is InChI=1S/C11H9BrFN3/c1-14-11-10(15-4-5-16-11)8-6-7(12)2-3-9(8)13/h2-6H,1H3,(H,14,16). The van der Waals surface area contributed by atoms with E-state index in [9.17, 15) is 4.39 Å². The average molecular weight is 282 g/mol. The van der Waals surface area contributed by atoms with Gasteiger partial charge in [0.1, 0.15) is 11.5 Å². The van der Waals surface area contributed by atoms with Crippen LogP contribution in [-0.2, 0) is 0 Å². The molecule has 0 unspecified atom stereocenters. The second-order valence-corrected chi connectivity index (χ2v) is 4.04. The summed E-state index contributed by atoms with van der Waals surface area (Å²) in [5.74, 6) is 0.236. The number of rotatable bonds is 2. The van der Waals surface area contributed by atoms with Gasteiger partial charge in [-0.05, 0) is 18.2 Å². The van der Waals surface area contributed by atoms with E-state index in [0.29, 0.717) is 17.1 Å². The summed E-state index contributed by atoms with van der Waals surface area (Å²) in [4.78, 5) is 8.22. The van der Waals surface area contributed by atoms with Gasteiger partial charge in [0.05, 0.1) is 0 Å². The molecule has 5 heteroatoms. The van der Waals surface area contributed by atoms with E-state index in [1.165, 1.54) is 12.3 Å². The van der Waals surface area contributed by atoms with Crippen LogP contribution in [0.15, 0.2) is 35.1 Å². The summed E-state index contributed by atoms with van der Waals surface area (Å²) in [7, 11) is 1.73. The van der Waals surface area contributed by atoms with Crippen LogP contribution in [0.25, 0.3) is 11.3 Å². The Labute approximate surface area is 101 Å². The molecule has 1 aromatic heterocycles. The van der Waals surface area contributed by atoms with Crippen molar-refractivity contribution in [1.82, 2.24) is 9.97 Å². The van der Waals surface area contributed by atoms with Gasteiger partial charge in [-0.25, -0.2) is 9.37 Å². The molecule has 0 aliphatic heterocycles. The second kappa shape index (κ2) is 4.57. The van der Waals surface area contributed by atoms with Crippen LogP contribution in [0.2, 0.25) is 0 Å². The minimum absolute atomic E-state index is 0.319. The van der Waals surface area contributed by atoms with Crippen LogP contribution >= 0.6 is 15.9 Å². The molecular formula is C11H9BrFN3.